The molecule has 4 aliphatic rings. The Morgan fingerprint density at radius 1 is 0.299 bits per heavy atom. The molecule has 6 atom stereocenters. The molecular formula is C67H84O18Si12. The van der Waals surface area contributed by atoms with Crippen molar-refractivity contribution >= 4 is 157 Å². The van der Waals surface area contributed by atoms with Gasteiger partial charge in [0.2, 0.25) is 16.6 Å². The molecule has 97 heavy (non-hydrogen) atoms. The Morgan fingerprint density at radius 3 is 0.763 bits per heavy atom. The average Bonchev–Trinajstić information content (AvgIpc) is 0.690. The molecule has 8 aromatic carbocycles. The van der Waals surface area contributed by atoms with Crippen LogP contribution in [-0.2, 0) is 71.9 Å². The standard InChI is InChI=1S/C67H84O18Si12/c1-86(2,3)71-66(68)54-34-36-56-88(7)73-92(60-42-22-12-23-43-60)77-90(9,58-38-18-10-19-39-58)78-93(61-44-24-13-25-45-61)74-89(8,57-37-35-55-67(69)72-87(4,5)6)76-95(63-48-28-15-29-49-63)80-91(70,59-40-20-11-21-41-59)79-94(75-88,62-46-26-14-27-47-62)83-97(84-95,65-52-32-17-33-53-65)85-96(81-92,82-93)64-50-30-16-31-51-64/h10-33,38-53,70H,34-37,54-57H2,1-9H3. The van der Waals surface area contributed by atoms with Gasteiger partial charge in [0.25, 0.3) is 11.9 Å². The lowest BCUT2D eigenvalue weighted by molar-refractivity contribution is -0.136. The Bertz CT molecular complexity index is 3580. The van der Waals surface area contributed by atoms with E-state index in [4.69, 9.17) is 62.3 Å². The lowest BCUT2D eigenvalue weighted by atomic mass is 10.2. The zero-order valence-corrected chi connectivity index (χ0v) is 68.1. The largest absolute Gasteiger partial charge is 0.520 e. The van der Waals surface area contributed by atoms with Crippen molar-refractivity contribution in [1.82, 2.24) is 0 Å². The molecule has 30 heteroatoms. The molecule has 0 spiro atoms. The highest BCUT2D eigenvalue weighted by Gasteiger charge is 2.80. The molecule has 6 unspecified atom stereocenters. The summed E-state index contributed by atoms with van der Waals surface area (Å²) in [5, 5.41) is 3.66. The first-order chi connectivity index (χ1) is 46.2. The van der Waals surface area contributed by atoms with E-state index in [1.54, 1.807) is 12.1 Å². The van der Waals surface area contributed by atoms with E-state index >= 15 is 0 Å². The van der Waals surface area contributed by atoms with Gasteiger partial charge in [0.1, 0.15) is 0 Å². The van der Waals surface area contributed by atoms with Gasteiger partial charge in [0.15, 0.2) is 0 Å². The van der Waals surface area contributed by atoms with E-state index in [1.807, 2.05) is 289 Å². The summed E-state index contributed by atoms with van der Waals surface area (Å²) in [7, 11) is -54.2. The molecule has 8 aromatic rings. The molecule has 0 amide bonds. The van der Waals surface area contributed by atoms with Crippen molar-refractivity contribution < 1.29 is 76.7 Å². The average molecular weight is 1510 g/mol. The van der Waals surface area contributed by atoms with E-state index in [2.05, 4.69) is 0 Å². The maximum Gasteiger partial charge on any atom is 0.520 e. The Labute approximate surface area is 582 Å². The molecule has 4 fully saturated rings. The molecule has 6 bridgehead atoms. The monoisotopic (exact) mass is 1510 g/mol. The van der Waals surface area contributed by atoms with Gasteiger partial charge in [-0.1, -0.05) is 255 Å². The zero-order chi connectivity index (χ0) is 68.3. The van der Waals surface area contributed by atoms with Crippen LogP contribution in [0.1, 0.15) is 38.5 Å². The van der Waals surface area contributed by atoms with Gasteiger partial charge in [-0.25, -0.2) is 0 Å². The topological polar surface area (TPSA) is 193 Å². The lowest BCUT2D eigenvalue weighted by Gasteiger charge is -2.58. The molecule has 1 N–H and O–H groups in total. The van der Waals surface area contributed by atoms with Crippen LogP contribution in [0.5, 0.6) is 0 Å². The number of hydrogen-bond acceptors (Lipinski definition) is 18. The molecule has 0 saturated carbocycles. The quantitative estimate of drug-likeness (QED) is 0.0564. The van der Waals surface area contributed by atoms with Crippen LogP contribution < -0.4 is 41.5 Å². The fourth-order valence-corrected chi connectivity index (χ4v) is 67.8. The van der Waals surface area contributed by atoms with Crippen LogP contribution in [0.25, 0.3) is 0 Å². The van der Waals surface area contributed by atoms with Crippen LogP contribution in [0.2, 0.25) is 71.0 Å². The van der Waals surface area contributed by atoms with E-state index < -0.39 is 104 Å². The number of benzene rings is 8. The minimum atomic E-state index is -5.39. The van der Waals surface area contributed by atoms with Crippen LogP contribution in [0, 0.1) is 0 Å². The Kier molecular flexibility index (Phi) is 21.1. The number of fused-ring (bicyclic) bond motifs is 4. The van der Waals surface area contributed by atoms with Crippen molar-refractivity contribution in [2.45, 2.75) is 110 Å². The molecule has 0 aromatic heterocycles. The van der Waals surface area contributed by atoms with E-state index in [0.29, 0.717) is 62.0 Å². The number of carbonyl (C=O) groups is 2. The van der Waals surface area contributed by atoms with Crippen molar-refractivity contribution in [3.05, 3.63) is 243 Å². The molecule has 0 radical (unpaired) electrons. The molecule has 0 aliphatic carbocycles. The number of rotatable bonds is 20. The summed E-state index contributed by atoms with van der Waals surface area (Å²) in [5.41, 5.74) is 0. The second kappa shape index (κ2) is 28.6. The van der Waals surface area contributed by atoms with Crippen molar-refractivity contribution in [3.63, 3.8) is 0 Å². The van der Waals surface area contributed by atoms with Gasteiger partial charge in [0, 0.05) is 49.1 Å². The first kappa shape index (κ1) is 71.6. The third kappa shape index (κ3) is 16.1. The van der Waals surface area contributed by atoms with Gasteiger partial charge in [-0.3, -0.25) is 9.59 Å². The van der Waals surface area contributed by atoms with Crippen molar-refractivity contribution in [1.29, 1.82) is 0 Å². The summed E-state index contributed by atoms with van der Waals surface area (Å²) < 4.78 is 121. The number of unbranched alkanes of at least 4 members (excludes halogenated alkanes) is 2. The fourth-order valence-electron chi connectivity index (χ4n) is 12.3. The number of carbonyl (C=O) groups excluding carboxylic acids is 2. The summed E-state index contributed by atoms with van der Waals surface area (Å²) >= 11 is 0. The van der Waals surface area contributed by atoms with E-state index in [9.17, 15) is 14.4 Å². The maximum atomic E-state index is 14.8. The highest BCUT2D eigenvalue weighted by atomic mass is 28.6. The SMILES string of the molecule is C[Si](C)(C)OC(=O)CCCC[Si]1(C)O[Si]2(c3ccccc3)O[Si](C)(c3ccccc3)O[Si]3(c4ccccc4)O[Si](C)(CCCCC(=O)O[Si](C)(C)C)O[Si]4(c5ccccc5)O[Si](O)(c5ccccc5)O[Si](c5ccccc5)(O1)O[Si](c1ccccc1)(O4)O[Si](c1ccccc1)(O2)O3. The van der Waals surface area contributed by atoms with Gasteiger partial charge in [-0.15, -0.1) is 0 Å². The molecular weight excluding hydrogens is 1430 g/mol. The van der Waals surface area contributed by atoms with Crippen LogP contribution in [0.3, 0.4) is 0 Å². The van der Waals surface area contributed by atoms with Gasteiger partial charge in [-0.2, -0.15) is 0 Å². The van der Waals surface area contributed by atoms with Gasteiger partial charge >= 0.3 is 87.3 Å². The van der Waals surface area contributed by atoms with Crippen molar-refractivity contribution in [2.24, 2.45) is 0 Å². The molecule has 4 heterocycles. The van der Waals surface area contributed by atoms with Crippen LogP contribution in [0.4, 0.5) is 0 Å². The summed E-state index contributed by atoms with van der Waals surface area (Å²) in [6, 6.07) is 75.9. The molecule has 12 rings (SSSR count). The second-order valence-electron chi connectivity index (χ2n) is 27.0. The maximum absolute atomic E-state index is 14.8. The summed E-state index contributed by atoms with van der Waals surface area (Å²) in [4.78, 5) is 42.3. The van der Waals surface area contributed by atoms with E-state index in [-0.39, 0.29) is 42.1 Å². The molecule has 508 valence electrons. The highest BCUT2D eigenvalue weighted by Crippen LogP contribution is 2.45. The van der Waals surface area contributed by atoms with Crippen molar-refractivity contribution in [3.8, 4) is 0 Å². The number of hydrogen-bond donors (Lipinski definition) is 1. The molecule has 4 saturated heterocycles. The van der Waals surface area contributed by atoms with Gasteiger partial charge in [-0.05, 0) is 89.0 Å². The minimum absolute atomic E-state index is 0.119. The molecule has 4 aliphatic heterocycles. The lowest BCUT2D eigenvalue weighted by Crippen LogP contribution is -2.90. The summed E-state index contributed by atoms with van der Waals surface area (Å²) in [5.74, 6) is -0.596. The third-order valence-electron chi connectivity index (χ3n) is 16.5. The fraction of sp³-hybridized carbons (Fsp3) is 0.254. The van der Waals surface area contributed by atoms with Crippen LogP contribution in [-0.4, -0.2) is 121 Å². The highest BCUT2D eigenvalue weighted by molar-refractivity contribution is 7.11. The molecule has 18 nitrogen and oxygen atoms in total. The Morgan fingerprint density at radius 2 is 0.515 bits per heavy atom. The third-order valence-corrected chi connectivity index (χ3v) is 61.0. The summed E-state index contributed by atoms with van der Waals surface area (Å²) in [6.07, 6.45) is 1.73. The van der Waals surface area contributed by atoms with E-state index in [1.165, 1.54) is 0 Å². The summed E-state index contributed by atoms with van der Waals surface area (Å²) in [6.45, 7) is 17.8. The first-order valence-corrected chi connectivity index (χ1v) is 59.2. The second-order valence-corrected chi connectivity index (χ2v) is 66.3. The van der Waals surface area contributed by atoms with E-state index in [0.717, 1.165) is 0 Å². The predicted octanol–water partition coefficient (Wildman–Crippen LogP) is 8.39. The van der Waals surface area contributed by atoms with Crippen LogP contribution >= 0.6 is 0 Å². The Balaban J connectivity index is 1.26. The Hall–Kier alpha value is -5.26. The smallest absolute Gasteiger partial charge is 0.520 e. The van der Waals surface area contributed by atoms with Crippen LogP contribution in [0.15, 0.2) is 243 Å². The zero-order valence-electron chi connectivity index (χ0n) is 56.1. The van der Waals surface area contributed by atoms with Gasteiger partial charge in [0.05, 0.1) is 0 Å². The van der Waals surface area contributed by atoms with Crippen molar-refractivity contribution in [2.75, 3.05) is 0 Å². The predicted molar refractivity (Wildman–Crippen MR) is 396 cm³/mol. The van der Waals surface area contributed by atoms with Gasteiger partial charge < -0.3 is 67.1 Å². The first-order valence-electron chi connectivity index (χ1n) is 33.0. The minimum Gasteiger partial charge on any atom is -0.520 e. The normalized spacial score (nSPS) is 30.7.